The van der Waals surface area contributed by atoms with Crippen molar-refractivity contribution >= 4 is 29.4 Å². The number of thiazole rings is 1. The zero-order valence-electron chi connectivity index (χ0n) is 21.8. The van der Waals surface area contributed by atoms with Crippen molar-refractivity contribution in [1.82, 2.24) is 4.57 Å². The number of fused-ring (bicyclic) bond motifs is 1. The zero-order chi connectivity index (χ0) is 27.4. The van der Waals surface area contributed by atoms with Gasteiger partial charge in [0.05, 0.1) is 42.2 Å². The second-order valence-electron chi connectivity index (χ2n) is 8.31. The Morgan fingerprint density at radius 3 is 2.45 bits per heavy atom. The van der Waals surface area contributed by atoms with Crippen LogP contribution in [-0.2, 0) is 14.3 Å². The van der Waals surface area contributed by atoms with Crippen LogP contribution in [-0.4, -0.2) is 36.8 Å². The second kappa shape index (κ2) is 11.5. The number of aromatic nitrogens is 1. The molecule has 0 unspecified atom stereocenters. The van der Waals surface area contributed by atoms with Crippen LogP contribution >= 0.6 is 11.3 Å². The van der Waals surface area contributed by atoms with Gasteiger partial charge in [-0.25, -0.2) is 9.79 Å². The standard InChI is InChI=1S/C28H28N2O7S/c1-6-35-20-11-9-19(10-12-20)25-24(27(33)36-7-2)16(3)29-28-30(25)26(32)23(38-28)15-18-8-13-21(37-17(4)31)22(14-18)34-5/h8-15,25H,6-7H2,1-5H3/t25-/m1/s1. The topological polar surface area (TPSA) is 105 Å². The van der Waals surface area contributed by atoms with E-state index in [-0.39, 0.29) is 17.9 Å². The van der Waals surface area contributed by atoms with Crippen LogP contribution in [0.5, 0.6) is 17.2 Å². The maximum absolute atomic E-state index is 13.8. The van der Waals surface area contributed by atoms with Gasteiger partial charge in [0.2, 0.25) is 0 Å². The summed E-state index contributed by atoms with van der Waals surface area (Å²) in [5, 5.41) is 0. The van der Waals surface area contributed by atoms with E-state index in [1.807, 2.05) is 31.2 Å². The molecular formula is C28H28N2O7S. The Hall–Kier alpha value is -4.18. The van der Waals surface area contributed by atoms with Gasteiger partial charge in [-0.3, -0.25) is 14.2 Å². The number of allylic oxidation sites excluding steroid dienone is 1. The fourth-order valence-electron chi connectivity index (χ4n) is 4.18. The van der Waals surface area contributed by atoms with Crippen LogP contribution in [0.3, 0.4) is 0 Å². The number of methoxy groups -OCH3 is 1. The Morgan fingerprint density at radius 1 is 1.08 bits per heavy atom. The summed E-state index contributed by atoms with van der Waals surface area (Å²) in [4.78, 5) is 43.2. The van der Waals surface area contributed by atoms with Crippen LogP contribution < -0.4 is 29.1 Å². The highest BCUT2D eigenvalue weighted by Crippen LogP contribution is 2.32. The summed E-state index contributed by atoms with van der Waals surface area (Å²) in [6.07, 6.45) is 1.71. The molecule has 9 nitrogen and oxygen atoms in total. The average Bonchev–Trinajstić information content (AvgIpc) is 3.18. The van der Waals surface area contributed by atoms with E-state index in [4.69, 9.17) is 18.9 Å². The van der Waals surface area contributed by atoms with Crippen LogP contribution in [0.25, 0.3) is 6.08 Å². The van der Waals surface area contributed by atoms with E-state index in [9.17, 15) is 14.4 Å². The van der Waals surface area contributed by atoms with Crippen LogP contribution in [0.4, 0.5) is 0 Å². The lowest BCUT2D eigenvalue weighted by molar-refractivity contribution is -0.139. The lowest BCUT2D eigenvalue weighted by Gasteiger charge is -2.24. The Bertz CT molecular complexity index is 1580. The number of hydrogen-bond donors (Lipinski definition) is 0. The molecule has 4 rings (SSSR count). The van der Waals surface area contributed by atoms with E-state index >= 15 is 0 Å². The molecule has 1 aromatic heterocycles. The van der Waals surface area contributed by atoms with Gasteiger partial charge in [0.15, 0.2) is 16.3 Å². The first-order valence-electron chi connectivity index (χ1n) is 12.1. The molecule has 0 spiro atoms. The van der Waals surface area contributed by atoms with Crippen LogP contribution in [0.1, 0.15) is 44.9 Å². The van der Waals surface area contributed by atoms with Crippen molar-refractivity contribution in [3.8, 4) is 17.2 Å². The third-order valence-corrected chi connectivity index (χ3v) is 6.75. The minimum Gasteiger partial charge on any atom is -0.494 e. The number of ether oxygens (including phenoxy) is 4. The number of rotatable bonds is 8. The molecule has 198 valence electrons. The first-order valence-corrected chi connectivity index (χ1v) is 12.9. The van der Waals surface area contributed by atoms with Crippen molar-refractivity contribution in [3.05, 3.63) is 84.5 Å². The van der Waals surface area contributed by atoms with Crippen molar-refractivity contribution < 1.29 is 28.5 Å². The summed E-state index contributed by atoms with van der Waals surface area (Å²) in [6, 6.07) is 11.6. The van der Waals surface area contributed by atoms with Gasteiger partial charge in [-0.15, -0.1) is 0 Å². The predicted molar refractivity (Wildman–Crippen MR) is 142 cm³/mol. The quantitative estimate of drug-likeness (QED) is 0.322. The Balaban J connectivity index is 1.87. The highest BCUT2D eigenvalue weighted by molar-refractivity contribution is 7.07. The average molecular weight is 537 g/mol. The minimum atomic E-state index is -0.719. The summed E-state index contributed by atoms with van der Waals surface area (Å²) in [5.41, 5.74) is 1.89. The van der Waals surface area contributed by atoms with Crippen molar-refractivity contribution in [2.75, 3.05) is 20.3 Å². The van der Waals surface area contributed by atoms with E-state index < -0.39 is 18.0 Å². The number of nitrogens with zero attached hydrogens (tertiary/aromatic N) is 2. The SMILES string of the molecule is CCOC(=O)C1=C(C)N=c2sc(=Cc3ccc(OC(C)=O)c(OC)c3)c(=O)n2[C@@H]1c1ccc(OCC)cc1. The molecule has 0 fully saturated rings. The molecule has 0 radical (unpaired) electrons. The summed E-state index contributed by atoms with van der Waals surface area (Å²) in [6.45, 7) is 7.40. The molecule has 0 saturated heterocycles. The van der Waals surface area contributed by atoms with Crippen molar-refractivity contribution in [3.63, 3.8) is 0 Å². The monoisotopic (exact) mass is 536 g/mol. The molecule has 0 bridgehead atoms. The summed E-state index contributed by atoms with van der Waals surface area (Å²) in [5.74, 6) is 0.338. The number of esters is 2. The molecule has 10 heteroatoms. The van der Waals surface area contributed by atoms with Crippen molar-refractivity contribution in [2.45, 2.75) is 33.7 Å². The fourth-order valence-corrected chi connectivity index (χ4v) is 5.23. The first kappa shape index (κ1) is 26.9. The van der Waals surface area contributed by atoms with Gasteiger partial charge in [0.25, 0.3) is 5.56 Å². The molecule has 1 atom stereocenters. The fraction of sp³-hybridized carbons (Fsp3) is 0.286. The number of benzene rings is 2. The van der Waals surface area contributed by atoms with Gasteiger partial charge in [-0.05, 0) is 62.2 Å². The second-order valence-corrected chi connectivity index (χ2v) is 9.32. The zero-order valence-corrected chi connectivity index (χ0v) is 22.6. The number of hydrogen-bond acceptors (Lipinski definition) is 9. The van der Waals surface area contributed by atoms with Gasteiger partial charge < -0.3 is 18.9 Å². The molecular weight excluding hydrogens is 508 g/mol. The predicted octanol–water partition coefficient (Wildman–Crippen LogP) is 3.13. The smallest absolute Gasteiger partial charge is 0.338 e. The molecule has 3 aromatic rings. The van der Waals surface area contributed by atoms with Crippen molar-refractivity contribution in [2.24, 2.45) is 4.99 Å². The Morgan fingerprint density at radius 2 is 1.82 bits per heavy atom. The summed E-state index contributed by atoms with van der Waals surface area (Å²) in [7, 11) is 1.47. The third kappa shape index (κ3) is 5.40. The van der Waals surface area contributed by atoms with Gasteiger partial charge in [-0.1, -0.05) is 29.5 Å². The third-order valence-electron chi connectivity index (χ3n) is 5.76. The van der Waals surface area contributed by atoms with Crippen LogP contribution in [0.2, 0.25) is 0 Å². The summed E-state index contributed by atoms with van der Waals surface area (Å²) >= 11 is 1.22. The molecule has 2 aromatic carbocycles. The van der Waals surface area contributed by atoms with E-state index in [1.165, 1.54) is 29.9 Å². The highest BCUT2D eigenvalue weighted by atomic mass is 32.1. The van der Waals surface area contributed by atoms with Gasteiger partial charge in [0.1, 0.15) is 5.75 Å². The number of carbonyl (C=O) groups is 2. The van der Waals surface area contributed by atoms with E-state index in [0.29, 0.717) is 44.3 Å². The van der Waals surface area contributed by atoms with Gasteiger partial charge in [-0.2, -0.15) is 0 Å². The molecule has 38 heavy (non-hydrogen) atoms. The lowest BCUT2D eigenvalue weighted by atomic mass is 9.96. The maximum atomic E-state index is 13.8. The maximum Gasteiger partial charge on any atom is 0.338 e. The molecule has 0 N–H and O–H groups in total. The number of carbonyl (C=O) groups excluding carboxylic acids is 2. The molecule has 0 amide bonds. The molecule has 2 heterocycles. The Kier molecular flexibility index (Phi) is 8.11. The van der Waals surface area contributed by atoms with Crippen LogP contribution in [0.15, 0.2) is 63.5 Å². The molecule has 1 aliphatic rings. The lowest BCUT2D eigenvalue weighted by Crippen LogP contribution is -2.39. The van der Waals surface area contributed by atoms with E-state index in [0.717, 1.165) is 5.56 Å². The van der Waals surface area contributed by atoms with Crippen molar-refractivity contribution in [1.29, 1.82) is 0 Å². The molecule has 0 saturated carbocycles. The molecule has 0 aliphatic carbocycles. The Labute approximate surface area is 223 Å². The molecule has 1 aliphatic heterocycles. The minimum absolute atomic E-state index is 0.196. The highest BCUT2D eigenvalue weighted by Gasteiger charge is 2.33. The van der Waals surface area contributed by atoms with Gasteiger partial charge in [0, 0.05) is 6.92 Å². The van der Waals surface area contributed by atoms with Crippen LogP contribution in [0, 0.1) is 0 Å². The largest absolute Gasteiger partial charge is 0.494 e. The van der Waals surface area contributed by atoms with Gasteiger partial charge >= 0.3 is 11.9 Å². The van der Waals surface area contributed by atoms with E-state index in [2.05, 4.69) is 4.99 Å². The van der Waals surface area contributed by atoms with E-state index in [1.54, 1.807) is 38.1 Å². The normalized spacial score (nSPS) is 15.0. The summed E-state index contributed by atoms with van der Waals surface area (Å²) < 4.78 is 23.4. The first-order chi connectivity index (χ1) is 18.3.